The van der Waals surface area contributed by atoms with Crippen LogP contribution in [0.4, 0.5) is 8.78 Å². The third kappa shape index (κ3) is 9.95. The molecule has 3 aromatic rings. The van der Waals surface area contributed by atoms with Crippen LogP contribution < -0.4 is 19.2 Å². The minimum absolute atomic E-state index is 0. The minimum Gasteiger partial charge on any atom is -0.870 e. The zero-order valence-corrected chi connectivity index (χ0v) is 26.9. The molecule has 0 unspecified atom stereocenters. The van der Waals surface area contributed by atoms with Crippen molar-refractivity contribution in [2.45, 2.75) is 48.7 Å². The van der Waals surface area contributed by atoms with Gasteiger partial charge in [0.2, 0.25) is 10.0 Å². The van der Waals surface area contributed by atoms with E-state index in [0.29, 0.717) is 17.0 Å². The van der Waals surface area contributed by atoms with Gasteiger partial charge in [0, 0.05) is 12.0 Å². The molecule has 246 valence electrons. The Hall–Kier alpha value is -3.08. The van der Waals surface area contributed by atoms with Gasteiger partial charge in [-0.05, 0) is 60.7 Å². The molecule has 1 saturated carbocycles. The Morgan fingerprint density at radius 1 is 1.00 bits per heavy atom. The number of pyridine rings is 1. The molecule has 0 spiro atoms. The molecular formula is C28H30Cl2F2N2O9S2. The summed E-state index contributed by atoms with van der Waals surface area (Å²) in [7, 11) is -7.77. The first kappa shape index (κ1) is 36.4. The number of carbonyl (C=O) groups excluding carboxylic acids is 1. The van der Waals surface area contributed by atoms with E-state index in [4.69, 9.17) is 32.7 Å². The molecule has 2 aromatic carbocycles. The maximum Gasteiger partial charge on any atom is 0.387 e. The molecule has 1 aromatic heterocycles. The molecule has 45 heavy (non-hydrogen) atoms. The van der Waals surface area contributed by atoms with Gasteiger partial charge >= 0.3 is 12.6 Å². The molecule has 17 heteroatoms. The second-order valence-corrected chi connectivity index (χ2v) is 14.7. The fourth-order valence-electron chi connectivity index (χ4n) is 4.04. The molecule has 11 nitrogen and oxygen atoms in total. The van der Waals surface area contributed by atoms with Crippen molar-refractivity contribution in [1.29, 1.82) is 0 Å². The SMILES string of the molecule is CCS(=O)(=O)c1ccc(S(=O)(=O)NCC(=O)O[C@@H](Cc2c(Cl)c[nH+]cc2Cl)c2ccc(OC(F)F)c(OCC3CC3)c2)cc1.[OH-]. The number of hydrogen-bond acceptors (Lipinski definition) is 9. The zero-order valence-electron chi connectivity index (χ0n) is 23.7. The third-order valence-corrected chi connectivity index (χ3v) is 10.5. The monoisotopic (exact) mass is 710 g/mol. The average molecular weight is 712 g/mol. The first-order chi connectivity index (χ1) is 20.8. The van der Waals surface area contributed by atoms with Crippen molar-refractivity contribution in [3.05, 3.63) is 76.0 Å². The number of rotatable bonds is 15. The Balaban J connectivity index is 0.00000552. The number of sulfonamides is 1. The highest BCUT2D eigenvalue weighted by atomic mass is 35.5. The van der Waals surface area contributed by atoms with Crippen LogP contribution in [0.3, 0.4) is 0 Å². The Bertz CT molecular complexity index is 1690. The largest absolute Gasteiger partial charge is 0.870 e. The molecule has 1 fully saturated rings. The van der Waals surface area contributed by atoms with Gasteiger partial charge in [-0.25, -0.2) is 21.8 Å². The highest BCUT2D eigenvalue weighted by Crippen LogP contribution is 2.37. The number of aromatic nitrogens is 1. The summed E-state index contributed by atoms with van der Waals surface area (Å²) in [5, 5.41) is 0.464. The van der Waals surface area contributed by atoms with E-state index in [1.54, 1.807) is 0 Å². The van der Waals surface area contributed by atoms with Gasteiger partial charge in [0.1, 0.15) is 22.7 Å². The average Bonchev–Trinajstić information content (AvgIpc) is 3.81. The lowest BCUT2D eigenvalue weighted by Gasteiger charge is -2.21. The van der Waals surface area contributed by atoms with Gasteiger partial charge in [0.15, 0.2) is 33.7 Å². The number of H-pyrrole nitrogens is 1. The smallest absolute Gasteiger partial charge is 0.387 e. The molecule has 0 saturated heterocycles. The summed E-state index contributed by atoms with van der Waals surface area (Å²) < 4.78 is 93.9. The number of esters is 1. The molecule has 0 radical (unpaired) electrons. The number of aromatic amines is 1. The van der Waals surface area contributed by atoms with Crippen LogP contribution in [0.15, 0.2) is 64.6 Å². The predicted octanol–water partition coefficient (Wildman–Crippen LogP) is 4.62. The van der Waals surface area contributed by atoms with Crippen LogP contribution in [-0.2, 0) is 35.8 Å². The minimum atomic E-state index is -4.23. The van der Waals surface area contributed by atoms with Crippen LogP contribution in [0.5, 0.6) is 11.5 Å². The molecule has 1 heterocycles. The number of hydrogen-bond donors (Lipinski definition) is 1. The quantitative estimate of drug-likeness (QED) is 0.221. The molecule has 4 rings (SSSR count). The summed E-state index contributed by atoms with van der Waals surface area (Å²) in [5.41, 5.74) is 0.724. The molecule has 0 amide bonds. The summed E-state index contributed by atoms with van der Waals surface area (Å²) in [5.74, 6) is -1.02. The van der Waals surface area contributed by atoms with E-state index in [1.807, 2.05) is 0 Å². The van der Waals surface area contributed by atoms with Crippen molar-refractivity contribution in [1.82, 2.24) is 4.72 Å². The van der Waals surface area contributed by atoms with Gasteiger partial charge in [-0.3, -0.25) is 4.79 Å². The Labute approximate surface area is 269 Å². The predicted molar refractivity (Wildman–Crippen MR) is 158 cm³/mol. The summed E-state index contributed by atoms with van der Waals surface area (Å²) in [6, 6.07) is 8.63. The second kappa shape index (κ2) is 15.5. The molecule has 0 bridgehead atoms. The first-order valence-electron chi connectivity index (χ1n) is 13.4. The summed E-state index contributed by atoms with van der Waals surface area (Å²) in [6.45, 7) is -2.13. The number of ether oxygens (including phenoxy) is 3. The van der Waals surface area contributed by atoms with E-state index >= 15 is 0 Å². The van der Waals surface area contributed by atoms with Crippen LogP contribution in [0.25, 0.3) is 0 Å². The van der Waals surface area contributed by atoms with Crippen molar-refractivity contribution in [2.24, 2.45) is 5.92 Å². The van der Waals surface area contributed by atoms with E-state index in [2.05, 4.69) is 14.4 Å². The van der Waals surface area contributed by atoms with Crippen LogP contribution in [0.1, 0.15) is 37.0 Å². The second-order valence-electron chi connectivity index (χ2n) is 9.85. The fraction of sp³-hybridized carbons (Fsp3) is 0.357. The van der Waals surface area contributed by atoms with Gasteiger partial charge in [-0.1, -0.05) is 36.2 Å². The molecular weight excluding hydrogens is 681 g/mol. The Morgan fingerprint density at radius 2 is 1.62 bits per heavy atom. The number of alkyl halides is 2. The lowest BCUT2D eigenvalue weighted by Crippen LogP contribution is -2.31. The Kier molecular flexibility index (Phi) is 12.5. The topological polar surface area (TPSA) is 169 Å². The summed E-state index contributed by atoms with van der Waals surface area (Å²) >= 11 is 12.7. The third-order valence-electron chi connectivity index (χ3n) is 6.67. The molecule has 3 N–H and O–H groups in total. The number of sulfone groups is 1. The first-order valence-corrected chi connectivity index (χ1v) is 17.3. The number of carbonyl (C=O) groups is 1. The van der Waals surface area contributed by atoms with Crippen molar-refractivity contribution in [3.8, 4) is 11.5 Å². The number of nitrogens with one attached hydrogen (secondary N) is 2. The van der Waals surface area contributed by atoms with Crippen molar-refractivity contribution >= 4 is 49.0 Å². The molecule has 1 aliphatic carbocycles. The number of halogens is 4. The summed E-state index contributed by atoms with van der Waals surface area (Å²) in [4.78, 5) is 15.4. The zero-order chi connectivity index (χ0) is 32.1. The van der Waals surface area contributed by atoms with Crippen LogP contribution >= 0.6 is 23.2 Å². The summed E-state index contributed by atoms with van der Waals surface area (Å²) in [6.07, 6.45) is 3.67. The fourth-order valence-corrected chi connectivity index (χ4v) is 6.42. The van der Waals surface area contributed by atoms with Crippen molar-refractivity contribution in [2.75, 3.05) is 18.9 Å². The lowest BCUT2D eigenvalue weighted by atomic mass is 10.0. The van der Waals surface area contributed by atoms with Gasteiger partial charge in [0.25, 0.3) is 0 Å². The number of benzene rings is 2. The standard InChI is InChI=1S/C28H28Cl2F2N2O8S2.H2O/c1-2-43(36,37)19-6-8-20(9-7-19)44(38,39)34-15-27(35)41-25(12-21-22(29)13-33-14-23(21)30)18-5-10-24(42-28(31)32)26(11-18)40-16-17-3-4-17;/h5-11,13-14,17,25,28,34H,2-4,12,15-16H2,1H3;1H2/t25-;/m0./s1. The van der Waals surface area contributed by atoms with Gasteiger partial charge in [-0.15, -0.1) is 0 Å². The van der Waals surface area contributed by atoms with E-state index in [0.717, 1.165) is 37.1 Å². The molecule has 1 atom stereocenters. The van der Waals surface area contributed by atoms with Gasteiger partial charge < -0.3 is 19.7 Å². The normalized spacial score (nSPS) is 14.0. The van der Waals surface area contributed by atoms with E-state index in [1.165, 1.54) is 37.5 Å². The van der Waals surface area contributed by atoms with Gasteiger partial charge in [0.05, 0.1) is 22.2 Å². The van der Waals surface area contributed by atoms with Crippen LogP contribution in [0, 0.1) is 5.92 Å². The highest BCUT2D eigenvalue weighted by molar-refractivity contribution is 7.91. The molecule has 0 aliphatic heterocycles. The highest BCUT2D eigenvalue weighted by Gasteiger charge is 2.27. The maximum atomic E-state index is 13.0. The van der Waals surface area contributed by atoms with Crippen LogP contribution in [0.2, 0.25) is 10.0 Å². The van der Waals surface area contributed by atoms with E-state index < -0.39 is 45.1 Å². The van der Waals surface area contributed by atoms with Crippen LogP contribution in [-0.4, -0.2) is 53.8 Å². The maximum absolute atomic E-state index is 13.0. The molecule has 1 aliphatic rings. The van der Waals surface area contributed by atoms with Gasteiger partial charge in [-0.2, -0.15) is 13.5 Å². The van der Waals surface area contributed by atoms with Crippen molar-refractivity contribution < 1.29 is 55.1 Å². The van der Waals surface area contributed by atoms with E-state index in [-0.39, 0.29) is 55.6 Å². The lowest BCUT2D eigenvalue weighted by molar-refractivity contribution is -0.377. The van der Waals surface area contributed by atoms with Crippen molar-refractivity contribution in [3.63, 3.8) is 0 Å². The Morgan fingerprint density at radius 3 is 2.20 bits per heavy atom. The van der Waals surface area contributed by atoms with E-state index in [9.17, 15) is 30.4 Å².